The van der Waals surface area contributed by atoms with Gasteiger partial charge in [0.1, 0.15) is 0 Å². The van der Waals surface area contributed by atoms with Crippen LogP contribution in [0, 0.1) is 5.92 Å². The molecule has 0 radical (unpaired) electrons. The first kappa shape index (κ1) is 21.7. The lowest BCUT2D eigenvalue weighted by Gasteiger charge is -2.18. The molecule has 11 heteroatoms. The van der Waals surface area contributed by atoms with Gasteiger partial charge < -0.3 is 10.5 Å². The van der Waals surface area contributed by atoms with Crippen molar-refractivity contribution in [2.75, 3.05) is 20.2 Å². The topological polar surface area (TPSA) is 89.7 Å². The van der Waals surface area contributed by atoms with Crippen LogP contribution in [0.2, 0.25) is 0 Å². The van der Waals surface area contributed by atoms with Gasteiger partial charge in [-0.05, 0) is 24.1 Å². The van der Waals surface area contributed by atoms with E-state index in [2.05, 4.69) is 4.74 Å². The van der Waals surface area contributed by atoms with Crippen molar-refractivity contribution in [1.82, 2.24) is 4.31 Å². The van der Waals surface area contributed by atoms with Gasteiger partial charge in [-0.25, -0.2) is 13.2 Å². The molecular weight excluding hydrogens is 385 g/mol. The van der Waals surface area contributed by atoms with Gasteiger partial charge in [0.25, 0.3) is 0 Å². The average Bonchev–Trinajstić information content (AvgIpc) is 2.85. The van der Waals surface area contributed by atoms with Gasteiger partial charge in [-0.3, -0.25) is 0 Å². The number of hydrogen-bond donors (Lipinski definition) is 1. The number of methoxy groups -OCH3 is 1. The number of alkyl halides is 3. The van der Waals surface area contributed by atoms with Crippen LogP contribution in [0.1, 0.15) is 22.8 Å². The molecular formula is C14H18ClF3N2O4S. The summed E-state index contributed by atoms with van der Waals surface area (Å²) in [5, 5.41) is 0. The van der Waals surface area contributed by atoms with Crippen molar-refractivity contribution in [3.05, 3.63) is 29.3 Å². The maximum absolute atomic E-state index is 13.2. The molecule has 1 fully saturated rings. The first-order valence-corrected chi connectivity index (χ1v) is 8.47. The third-order valence-electron chi connectivity index (χ3n) is 3.98. The van der Waals surface area contributed by atoms with Crippen LogP contribution in [-0.2, 0) is 20.9 Å². The number of benzene rings is 1. The summed E-state index contributed by atoms with van der Waals surface area (Å²) in [4.78, 5) is 10.9. The van der Waals surface area contributed by atoms with Crippen molar-refractivity contribution < 1.29 is 31.1 Å². The standard InChI is InChI=1S/C14H17F3N2O4S.ClH/c1-8-6-19(7-12(8)18)24(21,22)9-3-4-10(13(20)23-2)11(5-9)14(15,16)17;/h3-5,8,12H,6-7,18H2,1-2H3;1H. The van der Waals surface area contributed by atoms with E-state index in [1.807, 2.05) is 0 Å². The Morgan fingerprint density at radius 1 is 1.32 bits per heavy atom. The van der Waals surface area contributed by atoms with Crippen LogP contribution in [0.25, 0.3) is 0 Å². The molecule has 0 bridgehead atoms. The number of hydrogen-bond acceptors (Lipinski definition) is 5. The molecule has 25 heavy (non-hydrogen) atoms. The second-order valence-corrected chi connectivity index (χ2v) is 7.60. The lowest BCUT2D eigenvalue weighted by molar-refractivity contribution is -0.138. The Balaban J connectivity index is 0.00000312. The first-order chi connectivity index (χ1) is 11.0. The van der Waals surface area contributed by atoms with E-state index < -0.39 is 38.2 Å². The highest BCUT2D eigenvalue weighted by atomic mass is 35.5. The monoisotopic (exact) mass is 402 g/mol. The molecule has 1 aromatic carbocycles. The van der Waals surface area contributed by atoms with Crippen molar-refractivity contribution in [1.29, 1.82) is 0 Å². The predicted octanol–water partition coefficient (Wildman–Crippen LogP) is 1.88. The van der Waals surface area contributed by atoms with E-state index in [9.17, 15) is 26.4 Å². The van der Waals surface area contributed by atoms with E-state index >= 15 is 0 Å². The molecule has 0 saturated carbocycles. The highest BCUT2D eigenvalue weighted by Crippen LogP contribution is 2.35. The molecule has 1 heterocycles. The van der Waals surface area contributed by atoms with Crippen molar-refractivity contribution >= 4 is 28.4 Å². The summed E-state index contributed by atoms with van der Waals surface area (Å²) in [5.74, 6) is -1.29. The minimum absolute atomic E-state index is 0. The fourth-order valence-electron chi connectivity index (χ4n) is 2.50. The van der Waals surface area contributed by atoms with Gasteiger partial charge in [-0.2, -0.15) is 17.5 Å². The summed E-state index contributed by atoms with van der Waals surface area (Å²) < 4.78 is 70.0. The minimum atomic E-state index is -4.90. The van der Waals surface area contributed by atoms with Gasteiger partial charge in [0.2, 0.25) is 10.0 Å². The molecule has 2 unspecified atom stereocenters. The molecule has 0 aliphatic carbocycles. The van der Waals surface area contributed by atoms with Crippen LogP contribution < -0.4 is 5.73 Å². The van der Waals surface area contributed by atoms with Crippen LogP contribution in [0.3, 0.4) is 0 Å². The molecule has 6 nitrogen and oxygen atoms in total. The summed E-state index contributed by atoms with van der Waals surface area (Å²) in [6.07, 6.45) is -4.90. The molecule has 0 aromatic heterocycles. The van der Waals surface area contributed by atoms with E-state index in [0.29, 0.717) is 6.07 Å². The minimum Gasteiger partial charge on any atom is -0.465 e. The fourth-order valence-corrected chi connectivity index (χ4v) is 4.10. The van der Waals surface area contributed by atoms with Gasteiger partial charge in [-0.15, -0.1) is 12.4 Å². The number of nitrogens with two attached hydrogens (primary N) is 1. The van der Waals surface area contributed by atoms with Crippen molar-refractivity contribution in [2.24, 2.45) is 11.7 Å². The second-order valence-electron chi connectivity index (χ2n) is 5.66. The van der Waals surface area contributed by atoms with Crippen LogP contribution in [-0.4, -0.2) is 44.9 Å². The number of sulfonamides is 1. The Kier molecular flexibility index (Phi) is 6.49. The van der Waals surface area contributed by atoms with Crippen molar-refractivity contribution in [3.63, 3.8) is 0 Å². The molecule has 2 atom stereocenters. The predicted molar refractivity (Wildman–Crippen MR) is 85.9 cm³/mol. The molecule has 1 aliphatic heterocycles. The highest BCUT2D eigenvalue weighted by molar-refractivity contribution is 7.89. The SMILES string of the molecule is COC(=O)c1ccc(S(=O)(=O)N2CC(C)C(N)C2)cc1C(F)(F)F.Cl. The highest BCUT2D eigenvalue weighted by Gasteiger charge is 2.39. The van der Waals surface area contributed by atoms with Gasteiger partial charge in [0.15, 0.2) is 0 Å². The quantitative estimate of drug-likeness (QED) is 0.780. The molecule has 1 aliphatic rings. The molecule has 0 amide bonds. The third kappa shape index (κ3) is 4.25. The zero-order valence-corrected chi connectivity index (χ0v) is 15.0. The summed E-state index contributed by atoms with van der Waals surface area (Å²) in [6.45, 7) is 1.93. The average molecular weight is 403 g/mol. The molecule has 2 N–H and O–H groups in total. The molecule has 1 aromatic rings. The van der Waals surface area contributed by atoms with E-state index in [-0.39, 0.29) is 37.5 Å². The van der Waals surface area contributed by atoms with E-state index in [0.717, 1.165) is 23.5 Å². The number of carbonyl (C=O) groups is 1. The number of halogens is 4. The maximum atomic E-state index is 13.2. The fraction of sp³-hybridized carbons (Fsp3) is 0.500. The van der Waals surface area contributed by atoms with Crippen molar-refractivity contribution in [3.8, 4) is 0 Å². The lowest BCUT2D eigenvalue weighted by Crippen LogP contribution is -2.32. The normalized spacial score (nSPS) is 21.7. The third-order valence-corrected chi connectivity index (χ3v) is 5.80. The van der Waals surface area contributed by atoms with Gasteiger partial charge in [-0.1, -0.05) is 6.92 Å². The Labute approximate surface area is 149 Å². The van der Waals surface area contributed by atoms with Crippen LogP contribution in [0.5, 0.6) is 0 Å². The van der Waals surface area contributed by atoms with Crippen LogP contribution in [0.4, 0.5) is 13.2 Å². The zero-order chi connectivity index (χ0) is 18.3. The van der Waals surface area contributed by atoms with E-state index in [4.69, 9.17) is 5.73 Å². The summed E-state index contributed by atoms with van der Waals surface area (Å²) in [6, 6.07) is 1.85. The smallest absolute Gasteiger partial charge is 0.417 e. The van der Waals surface area contributed by atoms with E-state index in [1.54, 1.807) is 6.92 Å². The molecule has 142 valence electrons. The number of nitrogens with zero attached hydrogens (tertiary/aromatic N) is 1. The first-order valence-electron chi connectivity index (χ1n) is 7.03. The maximum Gasteiger partial charge on any atom is 0.417 e. The van der Waals surface area contributed by atoms with Gasteiger partial charge in [0.05, 0.1) is 23.1 Å². The van der Waals surface area contributed by atoms with E-state index in [1.165, 1.54) is 0 Å². The molecule has 1 saturated heterocycles. The second kappa shape index (κ2) is 7.48. The number of rotatable bonds is 3. The Morgan fingerprint density at radius 2 is 1.92 bits per heavy atom. The molecule has 2 rings (SSSR count). The Hall–Kier alpha value is -1.36. The number of ether oxygens (including phenoxy) is 1. The Bertz CT molecular complexity index is 745. The van der Waals surface area contributed by atoms with Crippen molar-refractivity contribution in [2.45, 2.75) is 24.0 Å². The Morgan fingerprint density at radius 3 is 2.36 bits per heavy atom. The molecule has 0 spiro atoms. The number of carbonyl (C=O) groups excluding carboxylic acids is 1. The van der Waals surface area contributed by atoms with Crippen LogP contribution in [0.15, 0.2) is 23.1 Å². The van der Waals surface area contributed by atoms with Crippen LogP contribution >= 0.6 is 12.4 Å². The lowest BCUT2D eigenvalue weighted by atomic mass is 10.1. The number of esters is 1. The summed E-state index contributed by atoms with van der Waals surface area (Å²) >= 11 is 0. The summed E-state index contributed by atoms with van der Waals surface area (Å²) in [5.41, 5.74) is 3.68. The summed E-state index contributed by atoms with van der Waals surface area (Å²) in [7, 11) is -3.19. The largest absolute Gasteiger partial charge is 0.465 e. The van der Waals surface area contributed by atoms with Gasteiger partial charge in [0, 0.05) is 19.1 Å². The zero-order valence-electron chi connectivity index (χ0n) is 13.4. The van der Waals surface area contributed by atoms with Gasteiger partial charge >= 0.3 is 12.1 Å².